The van der Waals surface area contributed by atoms with Gasteiger partial charge in [-0.3, -0.25) is 4.68 Å². The summed E-state index contributed by atoms with van der Waals surface area (Å²) in [6.45, 7) is 14.5. The Morgan fingerprint density at radius 3 is 2.43 bits per heavy atom. The van der Waals surface area contributed by atoms with Crippen LogP contribution in [0.2, 0.25) is 0 Å². The normalized spacial score (nSPS) is 12.4. The van der Waals surface area contributed by atoms with Gasteiger partial charge in [0.2, 0.25) is 0 Å². The van der Waals surface area contributed by atoms with E-state index in [1.807, 2.05) is 11.6 Å². The zero-order valence-electron chi connectivity index (χ0n) is 15.3. The average molecular weight is 315 g/mol. The van der Waals surface area contributed by atoms with Gasteiger partial charge in [-0.25, -0.2) is 0 Å². The van der Waals surface area contributed by atoms with E-state index in [9.17, 15) is 0 Å². The lowest BCUT2D eigenvalue weighted by Gasteiger charge is -2.23. The van der Waals surface area contributed by atoms with Gasteiger partial charge in [0.15, 0.2) is 0 Å². The Hall–Kier alpha value is -1.84. The molecule has 0 bridgehead atoms. The summed E-state index contributed by atoms with van der Waals surface area (Å²) in [6.07, 6.45) is 4.09. The lowest BCUT2D eigenvalue weighted by molar-refractivity contribution is 0.337. The molecular weight excluding hydrogens is 286 g/mol. The highest BCUT2D eigenvalue weighted by Crippen LogP contribution is 2.35. The summed E-state index contributed by atoms with van der Waals surface area (Å²) in [5.41, 5.74) is 6.43. The van der Waals surface area contributed by atoms with E-state index >= 15 is 0 Å². The Balaban J connectivity index is 2.35. The van der Waals surface area contributed by atoms with Crippen molar-refractivity contribution in [3.05, 3.63) is 40.2 Å². The second-order valence-corrected chi connectivity index (χ2v) is 6.16. The third-order valence-electron chi connectivity index (χ3n) is 4.68. The molecule has 0 aliphatic carbocycles. The maximum Gasteiger partial charge on any atom is 0.122 e. The van der Waals surface area contributed by atoms with Gasteiger partial charge in [-0.1, -0.05) is 12.1 Å². The molecule has 0 aliphatic heterocycles. The molecule has 0 aliphatic rings. The Bertz CT molecular complexity index is 661. The standard InChI is InChI=1S/C19H29N3O/c1-7-16(11-17-12-22(8-2)21-20-17)19-13(4)10-18(23-9-3)14(5)15(19)6/h10,12,16H,7-9,11H2,1-6H3. The number of hydrogen-bond donors (Lipinski definition) is 0. The fourth-order valence-electron chi connectivity index (χ4n) is 3.29. The largest absolute Gasteiger partial charge is 0.494 e. The molecule has 0 saturated carbocycles. The Morgan fingerprint density at radius 1 is 1.13 bits per heavy atom. The Morgan fingerprint density at radius 2 is 1.87 bits per heavy atom. The summed E-state index contributed by atoms with van der Waals surface area (Å²) in [7, 11) is 0. The number of ether oxygens (including phenoxy) is 1. The van der Waals surface area contributed by atoms with Crippen molar-refractivity contribution in [2.75, 3.05) is 6.61 Å². The molecular formula is C19H29N3O. The van der Waals surface area contributed by atoms with Gasteiger partial charge in [-0.15, -0.1) is 5.10 Å². The van der Waals surface area contributed by atoms with Crippen molar-refractivity contribution >= 4 is 0 Å². The van der Waals surface area contributed by atoms with E-state index in [1.165, 1.54) is 22.3 Å². The van der Waals surface area contributed by atoms with Crippen molar-refractivity contribution in [2.24, 2.45) is 0 Å². The quantitative estimate of drug-likeness (QED) is 0.762. The number of hydrogen-bond acceptors (Lipinski definition) is 3. The van der Waals surface area contributed by atoms with E-state index in [0.717, 1.165) is 30.8 Å². The monoisotopic (exact) mass is 315 g/mol. The fraction of sp³-hybridized carbons (Fsp3) is 0.579. The summed E-state index contributed by atoms with van der Waals surface area (Å²) in [5, 5.41) is 8.48. The van der Waals surface area contributed by atoms with E-state index in [0.29, 0.717) is 12.5 Å². The average Bonchev–Trinajstić information content (AvgIpc) is 2.99. The number of aromatic nitrogens is 3. The Kier molecular flexibility index (Phi) is 5.80. The van der Waals surface area contributed by atoms with E-state index in [2.05, 4.69) is 57.2 Å². The van der Waals surface area contributed by atoms with Crippen LogP contribution in [0.25, 0.3) is 0 Å². The first-order chi connectivity index (χ1) is 11.0. The minimum absolute atomic E-state index is 0.464. The molecule has 4 heteroatoms. The molecule has 0 amide bonds. The zero-order chi connectivity index (χ0) is 17.0. The van der Waals surface area contributed by atoms with Gasteiger partial charge in [0, 0.05) is 12.7 Å². The van der Waals surface area contributed by atoms with Gasteiger partial charge in [0.05, 0.1) is 12.3 Å². The van der Waals surface area contributed by atoms with Crippen molar-refractivity contribution in [3.8, 4) is 5.75 Å². The van der Waals surface area contributed by atoms with E-state index in [-0.39, 0.29) is 0 Å². The summed E-state index contributed by atoms with van der Waals surface area (Å²) in [6, 6.07) is 2.19. The molecule has 1 aromatic heterocycles. The lowest BCUT2D eigenvalue weighted by Crippen LogP contribution is -2.09. The maximum atomic E-state index is 5.78. The minimum Gasteiger partial charge on any atom is -0.494 e. The molecule has 0 N–H and O–H groups in total. The molecule has 0 spiro atoms. The molecule has 0 radical (unpaired) electrons. The van der Waals surface area contributed by atoms with Gasteiger partial charge in [-0.05, 0) is 81.7 Å². The molecule has 4 nitrogen and oxygen atoms in total. The van der Waals surface area contributed by atoms with Gasteiger partial charge in [-0.2, -0.15) is 0 Å². The molecule has 2 aromatic rings. The Labute approximate surface area is 139 Å². The summed E-state index contributed by atoms with van der Waals surface area (Å²) >= 11 is 0. The predicted octanol–water partition coefficient (Wildman–Crippen LogP) is 4.36. The van der Waals surface area contributed by atoms with Crippen molar-refractivity contribution in [1.29, 1.82) is 0 Å². The second-order valence-electron chi connectivity index (χ2n) is 6.16. The molecule has 1 unspecified atom stereocenters. The van der Waals surface area contributed by atoms with E-state index in [4.69, 9.17) is 4.74 Å². The van der Waals surface area contributed by atoms with Crippen molar-refractivity contribution in [3.63, 3.8) is 0 Å². The van der Waals surface area contributed by atoms with Crippen LogP contribution in [0.3, 0.4) is 0 Å². The van der Waals surface area contributed by atoms with Crippen LogP contribution in [0.15, 0.2) is 12.3 Å². The van der Waals surface area contributed by atoms with Crippen molar-refractivity contribution in [2.45, 2.75) is 66.8 Å². The van der Waals surface area contributed by atoms with Crippen LogP contribution in [0, 0.1) is 20.8 Å². The summed E-state index contributed by atoms with van der Waals surface area (Å²) < 4.78 is 7.67. The van der Waals surface area contributed by atoms with Crippen molar-refractivity contribution in [1.82, 2.24) is 15.0 Å². The van der Waals surface area contributed by atoms with Crippen LogP contribution >= 0.6 is 0 Å². The highest BCUT2D eigenvalue weighted by atomic mass is 16.5. The highest BCUT2D eigenvalue weighted by molar-refractivity contribution is 5.49. The topological polar surface area (TPSA) is 39.9 Å². The SMILES string of the molecule is CCOc1cc(C)c(C(CC)Cc2cn(CC)nn2)c(C)c1C. The van der Waals surface area contributed by atoms with Crippen LogP contribution in [-0.2, 0) is 13.0 Å². The smallest absolute Gasteiger partial charge is 0.122 e. The van der Waals surface area contributed by atoms with Crippen LogP contribution in [0.4, 0.5) is 0 Å². The molecule has 126 valence electrons. The van der Waals surface area contributed by atoms with Gasteiger partial charge >= 0.3 is 0 Å². The van der Waals surface area contributed by atoms with Gasteiger partial charge < -0.3 is 4.74 Å². The lowest BCUT2D eigenvalue weighted by atomic mass is 9.84. The van der Waals surface area contributed by atoms with Crippen molar-refractivity contribution < 1.29 is 4.74 Å². The third kappa shape index (κ3) is 3.74. The highest BCUT2D eigenvalue weighted by Gasteiger charge is 2.20. The third-order valence-corrected chi connectivity index (χ3v) is 4.68. The van der Waals surface area contributed by atoms with Crippen LogP contribution in [0.1, 0.15) is 61.1 Å². The second kappa shape index (κ2) is 7.62. The molecule has 0 saturated heterocycles. The molecule has 2 rings (SSSR count). The summed E-state index contributed by atoms with van der Waals surface area (Å²) in [4.78, 5) is 0. The molecule has 1 atom stereocenters. The molecule has 0 fully saturated rings. The predicted molar refractivity (Wildman–Crippen MR) is 94.3 cm³/mol. The van der Waals surface area contributed by atoms with Gasteiger partial charge in [0.25, 0.3) is 0 Å². The minimum atomic E-state index is 0.464. The van der Waals surface area contributed by atoms with E-state index in [1.54, 1.807) is 0 Å². The first-order valence-electron chi connectivity index (χ1n) is 8.64. The molecule has 23 heavy (non-hydrogen) atoms. The number of nitrogens with zero attached hydrogens (tertiary/aromatic N) is 3. The molecule has 1 aromatic carbocycles. The first kappa shape index (κ1) is 17.5. The fourth-order valence-corrected chi connectivity index (χ4v) is 3.29. The molecule has 1 heterocycles. The van der Waals surface area contributed by atoms with Crippen LogP contribution < -0.4 is 4.74 Å². The zero-order valence-corrected chi connectivity index (χ0v) is 15.3. The summed E-state index contributed by atoms with van der Waals surface area (Å²) in [5.74, 6) is 1.48. The van der Waals surface area contributed by atoms with E-state index < -0.39 is 0 Å². The first-order valence-corrected chi connectivity index (χ1v) is 8.64. The van der Waals surface area contributed by atoms with Crippen LogP contribution in [-0.4, -0.2) is 21.6 Å². The number of aryl methyl sites for hydroxylation is 2. The maximum absolute atomic E-state index is 5.78. The van der Waals surface area contributed by atoms with Gasteiger partial charge in [0.1, 0.15) is 5.75 Å². The van der Waals surface area contributed by atoms with Crippen LogP contribution in [0.5, 0.6) is 5.75 Å². The number of benzene rings is 1. The number of rotatable bonds is 7.